The van der Waals surface area contributed by atoms with Crippen LogP contribution in [0.1, 0.15) is 44.2 Å². The fraction of sp³-hybridized carbons (Fsp3) is 0.333. The van der Waals surface area contributed by atoms with Gasteiger partial charge in [0.25, 0.3) is 0 Å². The van der Waals surface area contributed by atoms with Crippen LogP contribution in [-0.4, -0.2) is 18.1 Å². The molecule has 0 radical (unpaired) electrons. The standard InChI is InChI=1S/C21H26N4O2/c1-15(22-20(26)23-18-9-5-6-10-18)16-11-13-19(14-12-16)25-21(27)24-17-7-3-2-4-8-17/h2-4,7-8,11-15,18H,5-6,9-10H2,1H3,(H2,22,23,26)(H2,24,25,27)/t15-/m1/s1. The molecule has 0 heterocycles. The SMILES string of the molecule is C[C@@H](NC(=O)NC1CCCC1)c1ccc(NC(=O)Nc2ccccc2)cc1. The number of urea groups is 2. The van der Waals surface area contributed by atoms with Gasteiger partial charge >= 0.3 is 12.1 Å². The zero-order chi connectivity index (χ0) is 19.1. The Bertz CT molecular complexity index is 756. The lowest BCUT2D eigenvalue weighted by atomic mass is 10.1. The summed E-state index contributed by atoms with van der Waals surface area (Å²) in [6, 6.07) is 16.5. The minimum Gasteiger partial charge on any atom is -0.335 e. The van der Waals surface area contributed by atoms with Crippen LogP contribution in [0.15, 0.2) is 54.6 Å². The number of para-hydroxylation sites is 1. The molecule has 0 bridgehead atoms. The van der Waals surface area contributed by atoms with Gasteiger partial charge in [0.1, 0.15) is 0 Å². The van der Waals surface area contributed by atoms with Gasteiger partial charge in [-0.1, -0.05) is 43.2 Å². The Kier molecular flexibility index (Phi) is 6.30. The van der Waals surface area contributed by atoms with Crippen LogP contribution in [0.3, 0.4) is 0 Å². The second kappa shape index (κ2) is 9.07. The van der Waals surface area contributed by atoms with Crippen molar-refractivity contribution in [2.45, 2.75) is 44.7 Å². The Morgan fingerprint density at radius 2 is 1.44 bits per heavy atom. The number of rotatable bonds is 5. The van der Waals surface area contributed by atoms with E-state index in [1.54, 1.807) is 0 Å². The number of benzene rings is 2. The third kappa shape index (κ3) is 5.74. The highest BCUT2D eigenvalue weighted by Gasteiger charge is 2.18. The molecule has 1 fully saturated rings. The molecule has 142 valence electrons. The quantitative estimate of drug-likeness (QED) is 0.622. The first kappa shape index (κ1) is 18.8. The number of nitrogens with one attached hydrogen (secondary N) is 4. The van der Waals surface area contributed by atoms with Gasteiger partial charge in [0, 0.05) is 17.4 Å². The van der Waals surface area contributed by atoms with E-state index in [0.717, 1.165) is 24.1 Å². The summed E-state index contributed by atoms with van der Waals surface area (Å²) in [5, 5.41) is 11.6. The van der Waals surface area contributed by atoms with E-state index in [0.29, 0.717) is 11.7 Å². The van der Waals surface area contributed by atoms with Crippen molar-refractivity contribution in [3.63, 3.8) is 0 Å². The van der Waals surface area contributed by atoms with E-state index in [1.165, 1.54) is 12.8 Å². The van der Waals surface area contributed by atoms with Crippen LogP contribution < -0.4 is 21.3 Å². The molecular formula is C21H26N4O2. The van der Waals surface area contributed by atoms with Crippen molar-refractivity contribution in [1.29, 1.82) is 0 Å². The first-order chi connectivity index (χ1) is 13.1. The van der Waals surface area contributed by atoms with E-state index in [1.807, 2.05) is 61.5 Å². The van der Waals surface area contributed by atoms with E-state index in [2.05, 4.69) is 21.3 Å². The molecule has 1 aliphatic carbocycles. The van der Waals surface area contributed by atoms with Crippen molar-refractivity contribution in [3.05, 3.63) is 60.2 Å². The van der Waals surface area contributed by atoms with Crippen molar-refractivity contribution in [1.82, 2.24) is 10.6 Å². The van der Waals surface area contributed by atoms with Crippen molar-refractivity contribution >= 4 is 23.4 Å². The third-order valence-corrected chi connectivity index (χ3v) is 4.74. The smallest absolute Gasteiger partial charge is 0.323 e. The van der Waals surface area contributed by atoms with Crippen LogP contribution in [0.5, 0.6) is 0 Å². The Morgan fingerprint density at radius 1 is 0.852 bits per heavy atom. The van der Waals surface area contributed by atoms with Gasteiger partial charge in [-0.15, -0.1) is 0 Å². The average molecular weight is 366 g/mol. The number of anilines is 2. The molecule has 0 aliphatic heterocycles. The van der Waals surface area contributed by atoms with Gasteiger partial charge in [0.05, 0.1) is 6.04 Å². The molecular weight excluding hydrogens is 340 g/mol. The van der Waals surface area contributed by atoms with Crippen molar-refractivity contribution in [2.75, 3.05) is 10.6 Å². The van der Waals surface area contributed by atoms with Gasteiger partial charge in [-0.2, -0.15) is 0 Å². The molecule has 0 spiro atoms. The van der Waals surface area contributed by atoms with E-state index in [-0.39, 0.29) is 18.1 Å². The van der Waals surface area contributed by atoms with Crippen molar-refractivity contribution in [3.8, 4) is 0 Å². The molecule has 3 rings (SSSR count). The number of carbonyl (C=O) groups is 2. The van der Waals surface area contributed by atoms with Crippen LogP contribution in [0.2, 0.25) is 0 Å². The van der Waals surface area contributed by atoms with E-state index < -0.39 is 0 Å². The molecule has 6 nitrogen and oxygen atoms in total. The lowest BCUT2D eigenvalue weighted by Gasteiger charge is -2.18. The summed E-state index contributed by atoms with van der Waals surface area (Å²) >= 11 is 0. The largest absolute Gasteiger partial charge is 0.335 e. The van der Waals surface area contributed by atoms with Crippen LogP contribution in [0.25, 0.3) is 0 Å². The molecule has 0 unspecified atom stereocenters. The highest BCUT2D eigenvalue weighted by molar-refractivity contribution is 5.99. The molecule has 1 aliphatic rings. The van der Waals surface area contributed by atoms with E-state index >= 15 is 0 Å². The fourth-order valence-corrected chi connectivity index (χ4v) is 3.25. The van der Waals surface area contributed by atoms with Gasteiger partial charge in [-0.3, -0.25) is 0 Å². The molecule has 0 saturated heterocycles. The summed E-state index contributed by atoms with van der Waals surface area (Å²) in [5.41, 5.74) is 2.40. The lowest BCUT2D eigenvalue weighted by Crippen LogP contribution is -2.41. The Morgan fingerprint density at radius 3 is 2.07 bits per heavy atom. The fourth-order valence-electron chi connectivity index (χ4n) is 3.25. The summed E-state index contributed by atoms with van der Waals surface area (Å²) < 4.78 is 0. The minimum atomic E-state index is -0.295. The molecule has 4 amide bonds. The van der Waals surface area contributed by atoms with Crippen molar-refractivity contribution < 1.29 is 9.59 Å². The summed E-state index contributed by atoms with van der Waals surface area (Å²) in [7, 11) is 0. The first-order valence-electron chi connectivity index (χ1n) is 9.40. The molecule has 2 aromatic carbocycles. The predicted octanol–water partition coefficient (Wildman–Crippen LogP) is 4.63. The lowest BCUT2D eigenvalue weighted by molar-refractivity contribution is 0.234. The summed E-state index contributed by atoms with van der Waals surface area (Å²) in [6.45, 7) is 1.94. The molecule has 2 aromatic rings. The Labute approximate surface area is 159 Å². The average Bonchev–Trinajstić information content (AvgIpc) is 3.15. The van der Waals surface area contributed by atoms with Crippen LogP contribution in [0, 0.1) is 0 Å². The van der Waals surface area contributed by atoms with Crippen LogP contribution >= 0.6 is 0 Å². The predicted molar refractivity (Wildman–Crippen MR) is 108 cm³/mol. The number of hydrogen-bond donors (Lipinski definition) is 4. The maximum Gasteiger partial charge on any atom is 0.323 e. The molecule has 1 atom stereocenters. The Balaban J connectivity index is 1.48. The first-order valence-corrected chi connectivity index (χ1v) is 9.40. The van der Waals surface area contributed by atoms with Crippen LogP contribution in [-0.2, 0) is 0 Å². The molecule has 0 aromatic heterocycles. The van der Waals surface area contributed by atoms with Gasteiger partial charge < -0.3 is 21.3 Å². The molecule has 6 heteroatoms. The second-order valence-electron chi connectivity index (χ2n) is 6.89. The highest BCUT2D eigenvalue weighted by Crippen LogP contribution is 2.19. The monoisotopic (exact) mass is 366 g/mol. The van der Waals surface area contributed by atoms with E-state index in [4.69, 9.17) is 0 Å². The molecule has 27 heavy (non-hydrogen) atoms. The highest BCUT2D eigenvalue weighted by atomic mass is 16.2. The second-order valence-corrected chi connectivity index (χ2v) is 6.89. The summed E-state index contributed by atoms with van der Waals surface area (Å²) in [5.74, 6) is 0. The maximum atomic E-state index is 12.1. The number of hydrogen-bond acceptors (Lipinski definition) is 2. The zero-order valence-electron chi connectivity index (χ0n) is 15.5. The van der Waals surface area contributed by atoms with Gasteiger partial charge in [-0.05, 0) is 49.6 Å². The van der Waals surface area contributed by atoms with Crippen molar-refractivity contribution in [2.24, 2.45) is 0 Å². The zero-order valence-corrected chi connectivity index (χ0v) is 15.5. The van der Waals surface area contributed by atoms with Crippen LogP contribution in [0.4, 0.5) is 21.0 Å². The number of amides is 4. The van der Waals surface area contributed by atoms with Gasteiger partial charge in [0.2, 0.25) is 0 Å². The van der Waals surface area contributed by atoms with E-state index in [9.17, 15) is 9.59 Å². The minimum absolute atomic E-state index is 0.112. The molecule has 1 saturated carbocycles. The van der Waals surface area contributed by atoms with Gasteiger partial charge in [0.15, 0.2) is 0 Å². The maximum absolute atomic E-state index is 12.1. The van der Waals surface area contributed by atoms with Gasteiger partial charge in [-0.25, -0.2) is 9.59 Å². The Hall–Kier alpha value is -3.02. The molecule has 4 N–H and O–H groups in total. The third-order valence-electron chi connectivity index (χ3n) is 4.74. The topological polar surface area (TPSA) is 82.3 Å². The number of carbonyl (C=O) groups excluding carboxylic acids is 2. The summed E-state index contributed by atoms with van der Waals surface area (Å²) in [6.07, 6.45) is 4.50. The summed E-state index contributed by atoms with van der Waals surface area (Å²) in [4.78, 5) is 24.1. The normalized spacial score (nSPS) is 15.0.